The van der Waals surface area contributed by atoms with E-state index in [1.807, 2.05) is 12.1 Å². The number of carbonyl (C=O) groups is 1. The first kappa shape index (κ1) is 13.9. The summed E-state index contributed by atoms with van der Waals surface area (Å²) in [6.45, 7) is 6.35. The Kier molecular flexibility index (Phi) is 3.85. The zero-order valence-corrected chi connectivity index (χ0v) is 12.2. The number of thiophene rings is 1. The summed E-state index contributed by atoms with van der Waals surface area (Å²) in [5, 5.41) is 0. The van der Waals surface area contributed by atoms with E-state index in [4.69, 9.17) is 0 Å². The van der Waals surface area contributed by atoms with Crippen molar-refractivity contribution in [3.05, 3.63) is 57.5 Å². The van der Waals surface area contributed by atoms with Crippen molar-refractivity contribution in [1.29, 1.82) is 0 Å². The normalized spacial score (nSPS) is 11.6. The highest BCUT2D eigenvalue weighted by Gasteiger charge is 2.19. The summed E-state index contributed by atoms with van der Waals surface area (Å²) in [6.07, 6.45) is 0.122. The summed E-state index contributed by atoms with van der Waals surface area (Å²) in [6, 6.07) is 10.3. The van der Waals surface area contributed by atoms with E-state index < -0.39 is 0 Å². The number of benzene rings is 1. The Balaban J connectivity index is 2.17. The molecule has 0 aliphatic carbocycles. The lowest BCUT2D eigenvalue weighted by molar-refractivity contribution is 0.0995. The minimum absolute atomic E-state index is 0.0226. The Morgan fingerprint density at radius 2 is 1.84 bits per heavy atom. The van der Waals surface area contributed by atoms with E-state index in [1.54, 1.807) is 18.2 Å². The quantitative estimate of drug-likeness (QED) is 0.748. The van der Waals surface area contributed by atoms with Crippen molar-refractivity contribution in [2.45, 2.75) is 32.6 Å². The molecular formula is C16H17FOS. The maximum absolute atomic E-state index is 13.5. The fourth-order valence-corrected chi connectivity index (χ4v) is 2.79. The van der Waals surface area contributed by atoms with Gasteiger partial charge in [-0.2, -0.15) is 0 Å². The lowest BCUT2D eigenvalue weighted by Gasteiger charge is -2.15. The smallest absolute Gasteiger partial charge is 0.177 e. The van der Waals surface area contributed by atoms with Crippen LogP contribution in [0.3, 0.4) is 0 Å². The molecule has 0 radical (unpaired) electrons. The third-order valence-electron chi connectivity index (χ3n) is 2.93. The second kappa shape index (κ2) is 5.25. The first-order valence-electron chi connectivity index (χ1n) is 6.25. The highest BCUT2D eigenvalue weighted by atomic mass is 32.1. The maximum atomic E-state index is 13.5. The van der Waals surface area contributed by atoms with Crippen LogP contribution in [0.2, 0.25) is 0 Å². The fraction of sp³-hybridized carbons (Fsp3) is 0.312. The van der Waals surface area contributed by atoms with Crippen LogP contribution in [0.25, 0.3) is 0 Å². The third-order valence-corrected chi connectivity index (χ3v) is 4.48. The Morgan fingerprint density at radius 1 is 1.16 bits per heavy atom. The molecule has 0 amide bonds. The molecule has 0 N–H and O–H groups in total. The molecule has 1 nitrogen and oxygen atoms in total. The monoisotopic (exact) mass is 276 g/mol. The van der Waals surface area contributed by atoms with E-state index in [0.29, 0.717) is 10.4 Å². The second-order valence-electron chi connectivity index (χ2n) is 5.61. The zero-order valence-electron chi connectivity index (χ0n) is 11.4. The first-order chi connectivity index (χ1) is 8.88. The lowest BCUT2D eigenvalue weighted by Crippen LogP contribution is -2.08. The molecule has 0 saturated carbocycles. The molecule has 0 fully saturated rings. The second-order valence-corrected chi connectivity index (χ2v) is 6.69. The van der Waals surface area contributed by atoms with Crippen LogP contribution in [-0.2, 0) is 11.8 Å². The molecule has 2 aromatic rings. The van der Waals surface area contributed by atoms with Crippen LogP contribution < -0.4 is 0 Å². The average Bonchev–Trinajstić information content (AvgIpc) is 2.81. The van der Waals surface area contributed by atoms with Crippen molar-refractivity contribution in [1.82, 2.24) is 0 Å². The van der Waals surface area contributed by atoms with Gasteiger partial charge in [-0.25, -0.2) is 4.39 Å². The molecule has 3 heteroatoms. The van der Waals surface area contributed by atoms with Gasteiger partial charge in [0, 0.05) is 11.3 Å². The van der Waals surface area contributed by atoms with E-state index in [-0.39, 0.29) is 23.4 Å². The first-order valence-corrected chi connectivity index (χ1v) is 7.06. The molecule has 1 aromatic heterocycles. The number of rotatable bonds is 3. The van der Waals surface area contributed by atoms with Crippen LogP contribution >= 0.6 is 11.3 Å². The van der Waals surface area contributed by atoms with Crippen molar-refractivity contribution in [2.75, 3.05) is 0 Å². The SMILES string of the molecule is CC(C)(C)c1ccc(C(=O)Cc2ccccc2F)s1. The predicted molar refractivity (Wildman–Crippen MR) is 77.5 cm³/mol. The van der Waals surface area contributed by atoms with Gasteiger partial charge in [0.2, 0.25) is 0 Å². The Bertz CT molecular complexity index is 593. The molecule has 1 heterocycles. The summed E-state index contributed by atoms with van der Waals surface area (Å²) in [7, 11) is 0. The van der Waals surface area contributed by atoms with Crippen molar-refractivity contribution in [3.8, 4) is 0 Å². The van der Waals surface area contributed by atoms with Crippen molar-refractivity contribution in [2.24, 2.45) is 0 Å². The number of carbonyl (C=O) groups excluding carboxylic acids is 1. The van der Waals surface area contributed by atoms with Gasteiger partial charge in [-0.15, -0.1) is 11.3 Å². The molecule has 0 aliphatic rings. The number of hydrogen-bond donors (Lipinski definition) is 0. The van der Waals surface area contributed by atoms with Gasteiger partial charge in [0.15, 0.2) is 5.78 Å². The average molecular weight is 276 g/mol. The molecule has 2 rings (SSSR count). The Labute approximate surface area is 117 Å². The van der Waals surface area contributed by atoms with Gasteiger partial charge in [0.05, 0.1) is 4.88 Å². The third kappa shape index (κ3) is 3.29. The Hall–Kier alpha value is -1.48. The molecule has 0 spiro atoms. The zero-order chi connectivity index (χ0) is 14.0. The highest BCUT2D eigenvalue weighted by molar-refractivity contribution is 7.14. The maximum Gasteiger partial charge on any atom is 0.177 e. The van der Waals surface area contributed by atoms with Crippen LogP contribution in [0.5, 0.6) is 0 Å². The Morgan fingerprint density at radius 3 is 2.42 bits per heavy atom. The number of Topliss-reactive ketones (excluding diaryl/α,β-unsaturated/α-hetero) is 1. The van der Waals surface area contributed by atoms with Gasteiger partial charge in [0.1, 0.15) is 5.82 Å². The molecule has 0 unspecified atom stereocenters. The molecule has 1 aromatic carbocycles. The van der Waals surface area contributed by atoms with Crippen LogP contribution in [0.15, 0.2) is 36.4 Å². The number of halogens is 1. The van der Waals surface area contributed by atoms with Crippen LogP contribution in [0.4, 0.5) is 4.39 Å². The van der Waals surface area contributed by atoms with Gasteiger partial charge in [-0.05, 0) is 29.2 Å². The van der Waals surface area contributed by atoms with Crippen molar-refractivity contribution >= 4 is 17.1 Å². The fourth-order valence-electron chi connectivity index (χ4n) is 1.79. The summed E-state index contributed by atoms with van der Waals surface area (Å²) in [4.78, 5) is 14.0. The van der Waals surface area contributed by atoms with Gasteiger partial charge in [0.25, 0.3) is 0 Å². The molecule has 0 bridgehead atoms. The lowest BCUT2D eigenvalue weighted by atomic mass is 9.95. The number of hydrogen-bond acceptors (Lipinski definition) is 2. The summed E-state index contributed by atoms with van der Waals surface area (Å²) in [5.74, 6) is -0.339. The predicted octanol–water partition coefficient (Wildman–Crippen LogP) is 4.61. The minimum atomic E-state index is -0.316. The summed E-state index contributed by atoms with van der Waals surface area (Å²) >= 11 is 1.50. The van der Waals surface area contributed by atoms with E-state index in [9.17, 15) is 9.18 Å². The van der Waals surface area contributed by atoms with Crippen LogP contribution in [0, 0.1) is 5.82 Å². The van der Waals surface area contributed by atoms with Gasteiger partial charge in [-0.1, -0.05) is 39.0 Å². The van der Waals surface area contributed by atoms with E-state index in [0.717, 1.165) is 0 Å². The molecular weight excluding hydrogens is 259 g/mol. The van der Waals surface area contributed by atoms with Crippen molar-refractivity contribution in [3.63, 3.8) is 0 Å². The highest BCUT2D eigenvalue weighted by Crippen LogP contribution is 2.30. The molecule has 100 valence electrons. The van der Waals surface area contributed by atoms with Gasteiger partial charge in [-0.3, -0.25) is 4.79 Å². The van der Waals surface area contributed by atoms with Crippen LogP contribution in [0.1, 0.15) is 40.9 Å². The molecule has 19 heavy (non-hydrogen) atoms. The molecule has 0 aliphatic heterocycles. The van der Waals surface area contributed by atoms with E-state index >= 15 is 0 Å². The summed E-state index contributed by atoms with van der Waals surface area (Å²) in [5.41, 5.74) is 0.500. The molecule has 0 saturated heterocycles. The standard InChI is InChI=1S/C16H17FOS/c1-16(2,3)15-9-8-14(19-15)13(18)10-11-6-4-5-7-12(11)17/h4-9H,10H2,1-3H3. The topological polar surface area (TPSA) is 17.1 Å². The summed E-state index contributed by atoms with van der Waals surface area (Å²) < 4.78 is 13.5. The van der Waals surface area contributed by atoms with E-state index in [2.05, 4.69) is 20.8 Å². The van der Waals surface area contributed by atoms with Crippen LogP contribution in [-0.4, -0.2) is 5.78 Å². The van der Waals surface area contributed by atoms with Crippen molar-refractivity contribution < 1.29 is 9.18 Å². The minimum Gasteiger partial charge on any atom is -0.293 e. The van der Waals surface area contributed by atoms with Gasteiger partial charge >= 0.3 is 0 Å². The van der Waals surface area contributed by atoms with E-state index in [1.165, 1.54) is 22.3 Å². The molecule has 0 atom stereocenters. The van der Waals surface area contributed by atoms with Gasteiger partial charge < -0.3 is 0 Å². The largest absolute Gasteiger partial charge is 0.293 e. The number of ketones is 1.